The first-order valence-electron chi connectivity index (χ1n) is 4.89. The van der Waals surface area contributed by atoms with E-state index in [1.54, 1.807) is 6.92 Å². The Hall–Kier alpha value is -0.860. The number of hydrogen-bond donors (Lipinski definition) is 0. The van der Waals surface area contributed by atoms with Gasteiger partial charge in [0.25, 0.3) is 0 Å². The molecule has 0 heterocycles. The second-order valence-corrected chi connectivity index (χ2v) is 3.52. The average molecular weight is 184 g/mol. The molecule has 1 saturated carbocycles. The van der Waals surface area contributed by atoms with Crippen LogP contribution in [0.5, 0.6) is 0 Å². The van der Waals surface area contributed by atoms with Gasteiger partial charge in [-0.3, -0.25) is 9.59 Å². The van der Waals surface area contributed by atoms with Gasteiger partial charge in [0.2, 0.25) is 0 Å². The second kappa shape index (κ2) is 5.00. The summed E-state index contributed by atoms with van der Waals surface area (Å²) in [5.74, 6) is 0.614. The highest BCUT2D eigenvalue weighted by Crippen LogP contribution is 2.21. The second-order valence-electron chi connectivity index (χ2n) is 3.52. The molecule has 0 amide bonds. The highest BCUT2D eigenvalue weighted by Gasteiger charge is 2.19. The van der Waals surface area contributed by atoms with E-state index in [-0.39, 0.29) is 5.97 Å². The predicted octanol–water partition coefficient (Wildman–Crippen LogP) is 1.70. The van der Waals surface area contributed by atoms with Crippen molar-refractivity contribution >= 4 is 11.8 Å². The summed E-state index contributed by atoms with van der Waals surface area (Å²) in [5, 5.41) is 0. The number of carbonyl (C=O) groups is 2. The standard InChI is InChI=1S/C10H16O3/c1-2-10(12)13-7-8-3-5-9(11)6-4-8/h8H,2-7H2,1H3. The third kappa shape index (κ3) is 3.57. The van der Waals surface area contributed by atoms with Gasteiger partial charge in [-0.2, -0.15) is 0 Å². The van der Waals surface area contributed by atoms with Crippen LogP contribution in [0, 0.1) is 5.92 Å². The molecule has 0 aromatic carbocycles. The van der Waals surface area contributed by atoms with Crippen molar-refractivity contribution in [2.75, 3.05) is 6.61 Å². The minimum Gasteiger partial charge on any atom is -0.465 e. The lowest BCUT2D eigenvalue weighted by molar-refractivity contribution is -0.145. The summed E-state index contributed by atoms with van der Waals surface area (Å²) < 4.78 is 5.02. The van der Waals surface area contributed by atoms with Gasteiger partial charge in [0.15, 0.2) is 0 Å². The number of carbonyl (C=O) groups excluding carboxylic acids is 2. The quantitative estimate of drug-likeness (QED) is 0.627. The minimum atomic E-state index is -0.142. The third-order valence-electron chi connectivity index (χ3n) is 2.43. The highest BCUT2D eigenvalue weighted by atomic mass is 16.5. The summed E-state index contributed by atoms with van der Waals surface area (Å²) in [7, 11) is 0. The molecule has 74 valence electrons. The number of Topliss-reactive ketones (excluding diaryl/α,β-unsaturated/α-hetero) is 1. The normalized spacial score (nSPS) is 18.7. The third-order valence-corrected chi connectivity index (χ3v) is 2.43. The maximum absolute atomic E-state index is 10.9. The van der Waals surface area contributed by atoms with Gasteiger partial charge in [-0.05, 0) is 18.8 Å². The molecule has 0 atom stereocenters. The molecule has 0 unspecified atom stereocenters. The van der Waals surface area contributed by atoms with Crippen LogP contribution in [0.15, 0.2) is 0 Å². The van der Waals surface area contributed by atoms with Gasteiger partial charge in [-0.25, -0.2) is 0 Å². The van der Waals surface area contributed by atoms with E-state index < -0.39 is 0 Å². The van der Waals surface area contributed by atoms with E-state index in [1.807, 2.05) is 0 Å². The number of ketones is 1. The number of rotatable bonds is 3. The van der Waals surface area contributed by atoms with E-state index in [0.717, 1.165) is 12.8 Å². The number of ether oxygens (including phenoxy) is 1. The topological polar surface area (TPSA) is 43.4 Å². The Balaban J connectivity index is 2.15. The van der Waals surface area contributed by atoms with E-state index >= 15 is 0 Å². The van der Waals surface area contributed by atoms with Crippen LogP contribution in [0.1, 0.15) is 39.0 Å². The van der Waals surface area contributed by atoms with Crippen LogP contribution >= 0.6 is 0 Å². The predicted molar refractivity (Wildman–Crippen MR) is 48.2 cm³/mol. The maximum Gasteiger partial charge on any atom is 0.305 e. The van der Waals surface area contributed by atoms with Crippen molar-refractivity contribution in [3.8, 4) is 0 Å². The highest BCUT2D eigenvalue weighted by molar-refractivity contribution is 5.79. The van der Waals surface area contributed by atoms with Gasteiger partial charge in [0.1, 0.15) is 5.78 Å². The van der Waals surface area contributed by atoms with E-state index in [9.17, 15) is 9.59 Å². The Morgan fingerprint density at radius 3 is 2.62 bits per heavy atom. The molecule has 0 spiro atoms. The lowest BCUT2D eigenvalue weighted by Crippen LogP contribution is -2.20. The Labute approximate surface area is 78.5 Å². The van der Waals surface area contributed by atoms with Crippen LogP contribution in [0.3, 0.4) is 0 Å². The van der Waals surface area contributed by atoms with Gasteiger partial charge >= 0.3 is 5.97 Å². The molecule has 1 aliphatic carbocycles. The Morgan fingerprint density at radius 2 is 2.08 bits per heavy atom. The minimum absolute atomic E-state index is 0.142. The lowest BCUT2D eigenvalue weighted by atomic mass is 9.89. The van der Waals surface area contributed by atoms with E-state index in [4.69, 9.17) is 4.74 Å². The first-order valence-corrected chi connectivity index (χ1v) is 4.89. The van der Waals surface area contributed by atoms with Crippen LogP contribution in [-0.4, -0.2) is 18.4 Å². The monoisotopic (exact) mass is 184 g/mol. The summed E-state index contributed by atoms with van der Waals surface area (Å²) in [4.78, 5) is 21.7. The van der Waals surface area contributed by atoms with Crippen molar-refractivity contribution < 1.29 is 14.3 Å². The van der Waals surface area contributed by atoms with Gasteiger partial charge in [0, 0.05) is 19.3 Å². The van der Waals surface area contributed by atoms with Crippen LogP contribution in [-0.2, 0) is 14.3 Å². The number of hydrogen-bond acceptors (Lipinski definition) is 3. The summed E-state index contributed by atoms with van der Waals surface area (Å²) in [5.41, 5.74) is 0. The molecule has 0 N–H and O–H groups in total. The van der Waals surface area contributed by atoms with Crippen LogP contribution in [0.4, 0.5) is 0 Å². The smallest absolute Gasteiger partial charge is 0.305 e. The maximum atomic E-state index is 10.9. The molecule has 0 aromatic rings. The Bertz CT molecular complexity index is 188. The first-order chi connectivity index (χ1) is 6.22. The fraction of sp³-hybridized carbons (Fsp3) is 0.800. The molecule has 3 nitrogen and oxygen atoms in total. The summed E-state index contributed by atoms with van der Waals surface area (Å²) >= 11 is 0. The van der Waals surface area contributed by atoms with Gasteiger partial charge in [0.05, 0.1) is 6.61 Å². The largest absolute Gasteiger partial charge is 0.465 e. The molecule has 1 aliphatic rings. The molecule has 0 aromatic heterocycles. The van der Waals surface area contributed by atoms with Crippen molar-refractivity contribution in [3.05, 3.63) is 0 Å². The fourth-order valence-electron chi connectivity index (χ4n) is 1.48. The Morgan fingerprint density at radius 1 is 1.46 bits per heavy atom. The zero-order chi connectivity index (χ0) is 9.68. The van der Waals surface area contributed by atoms with Gasteiger partial charge in [-0.15, -0.1) is 0 Å². The van der Waals surface area contributed by atoms with Gasteiger partial charge < -0.3 is 4.74 Å². The molecule has 0 bridgehead atoms. The van der Waals surface area contributed by atoms with Crippen molar-refractivity contribution in [2.45, 2.75) is 39.0 Å². The molecular weight excluding hydrogens is 168 g/mol. The zero-order valence-corrected chi connectivity index (χ0v) is 8.04. The molecule has 0 radical (unpaired) electrons. The number of esters is 1. The van der Waals surface area contributed by atoms with Crippen molar-refractivity contribution in [1.82, 2.24) is 0 Å². The van der Waals surface area contributed by atoms with Crippen LogP contribution < -0.4 is 0 Å². The van der Waals surface area contributed by atoms with Crippen LogP contribution in [0.2, 0.25) is 0 Å². The summed E-state index contributed by atoms with van der Waals surface area (Å²) in [6, 6.07) is 0. The lowest BCUT2D eigenvalue weighted by Gasteiger charge is -2.20. The zero-order valence-electron chi connectivity index (χ0n) is 8.04. The summed E-state index contributed by atoms with van der Waals surface area (Å²) in [6.07, 6.45) is 3.53. The SMILES string of the molecule is CCC(=O)OCC1CCC(=O)CC1. The molecule has 0 aliphatic heterocycles. The molecular formula is C10H16O3. The summed E-state index contributed by atoms with van der Waals surface area (Å²) in [6.45, 7) is 2.28. The molecule has 1 fully saturated rings. The van der Waals surface area contributed by atoms with E-state index in [2.05, 4.69) is 0 Å². The van der Waals surface area contributed by atoms with Crippen LogP contribution in [0.25, 0.3) is 0 Å². The van der Waals surface area contributed by atoms with Gasteiger partial charge in [-0.1, -0.05) is 6.92 Å². The van der Waals surface area contributed by atoms with Crippen molar-refractivity contribution in [1.29, 1.82) is 0 Å². The van der Waals surface area contributed by atoms with E-state index in [1.165, 1.54) is 0 Å². The average Bonchev–Trinajstić information content (AvgIpc) is 2.16. The van der Waals surface area contributed by atoms with Crippen molar-refractivity contribution in [2.24, 2.45) is 5.92 Å². The first kappa shape index (κ1) is 10.2. The molecule has 1 rings (SSSR count). The molecule has 13 heavy (non-hydrogen) atoms. The van der Waals surface area contributed by atoms with E-state index in [0.29, 0.717) is 37.6 Å². The van der Waals surface area contributed by atoms with Crippen molar-refractivity contribution in [3.63, 3.8) is 0 Å². The molecule has 0 saturated heterocycles. The molecule has 3 heteroatoms. The fourth-order valence-corrected chi connectivity index (χ4v) is 1.48. The Kier molecular flexibility index (Phi) is 3.93.